The van der Waals surface area contributed by atoms with E-state index in [1.807, 2.05) is 10.9 Å². The topological polar surface area (TPSA) is 63.6 Å². The van der Waals surface area contributed by atoms with E-state index in [2.05, 4.69) is 44.8 Å². The van der Waals surface area contributed by atoms with Crippen LogP contribution in [0.4, 0.5) is 0 Å². The van der Waals surface area contributed by atoms with Crippen LogP contribution in [-0.2, 0) is 13.0 Å². The number of aromatic nitrogens is 4. The molecule has 0 fully saturated rings. The zero-order valence-corrected chi connectivity index (χ0v) is 12.7. The molecule has 2 rings (SSSR count). The van der Waals surface area contributed by atoms with Crippen molar-refractivity contribution in [3.8, 4) is 11.4 Å². The molecular formula is C13H17BrN4O. The van der Waals surface area contributed by atoms with Gasteiger partial charge >= 0.3 is 0 Å². The van der Waals surface area contributed by atoms with Crippen LogP contribution in [0.3, 0.4) is 0 Å². The van der Waals surface area contributed by atoms with Crippen LogP contribution in [0, 0.1) is 0 Å². The van der Waals surface area contributed by atoms with Gasteiger partial charge in [0.15, 0.2) is 0 Å². The van der Waals surface area contributed by atoms with Crippen LogP contribution in [-0.4, -0.2) is 19.7 Å². The lowest BCUT2D eigenvalue weighted by Gasteiger charge is -2.04. The van der Waals surface area contributed by atoms with E-state index in [4.69, 9.17) is 0 Å². The molecule has 0 radical (unpaired) electrons. The molecule has 0 amide bonds. The van der Waals surface area contributed by atoms with Crippen LogP contribution < -0.4 is 5.56 Å². The van der Waals surface area contributed by atoms with Crippen molar-refractivity contribution in [1.82, 2.24) is 19.7 Å². The molecule has 0 aliphatic heterocycles. The summed E-state index contributed by atoms with van der Waals surface area (Å²) in [6.45, 7) is 5.03. The molecule has 2 aromatic rings. The Hall–Kier alpha value is -1.43. The smallest absolute Gasteiger partial charge is 0.265 e. The molecule has 2 aromatic heterocycles. The number of aryl methyl sites for hydroxylation is 2. The monoisotopic (exact) mass is 324 g/mol. The molecule has 5 nitrogen and oxygen atoms in total. The summed E-state index contributed by atoms with van der Waals surface area (Å²) in [4.78, 5) is 19.2. The second-order valence-electron chi connectivity index (χ2n) is 4.42. The van der Waals surface area contributed by atoms with Gasteiger partial charge in [0.05, 0.1) is 17.5 Å². The molecule has 0 aromatic carbocycles. The summed E-state index contributed by atoms with van der Waals surface area (Å²) in [6, 6.07) is 0. The van der Waals surface area contributed by atoms with Crippen LogP contribution in [0.25, 0.3) is 11.4 Å². The van der Waals surface area contributed by atoms with E-state index in [0.717, 1.165) is 37.1 Å². The van der Waals surface area contributed by atoms with Crippen molar-refractivity contribution in [3.05, 3.63) is 32.9 Å². The standard InChI is InChI=1S/C13H17BrN4O/c1-3-5-10-11(14)13(19)17-12(16-10)9-7-15-18(8-9)6-4-2/h7-8H,3-6H2,1-2H3,(H,16,17,19). The van der Waals surface area contributed by atoms with Crippen LogP contribution in [0.1, 0.15) is 32.4 Å². The van der Waals surface area contributed by atoms with Crippen molar-refractivity contribution in [1.29, 1.82) is 0 Å². The van der Waals surface area contributed by atoms with Gasteiger partial charge in [0.1, 0.15) is 10.3 Å². The molecule has 2 heterocycles. The lowest BCUT2D eigenvalue weighted by atomic mass is 10.2. The summed E-state index contributed by atoms with van der Waals surface area (Å²) in [5.41, 5.74) is 1.50. The van der Waals surface area contributed by atoms with Crippen LogP contribution >= 0.6 is 15.9 Å². The highest BCUT2D eigenvalue weighted by Gasteiger charge is 2.11. The van der Waals surface area contributed by atoms with Gasteiger partial charge < -0.3 is 4.98 Å². The molecule has 6 heteroatoms. The summed E-state index contributed by atoms with van der Waals surface area (Å²) < 4.78 is 2.38. The first-order valence-electron chi connectivity index (χ1n) is 6.47. The molecule has 0 spiro atoms. The number of halogens is 1. The van der Waals surface area contributed by atoms with Crippen LogP contribution in [0.15, 0.2) is 21.7 Å². The minimum Gasteiger partial charge on any atom is -0.305 e. The first-order valence-corrected chi connectivity index (χ1v) is 7.26. The summed E-state index contributed by atoms with van der Waals surface area (Å²) in [5.74, 6) is 0.582. The van der Waals surface area contributed by atoms with Crippen molar-refractivity contribution < 1.29 is 0 Å². The number of nitrogens with one attached hydrogen (secondary N) is 1. The second kappa shape index (κ2) is 6.14. The quantitative estimate of drug-likeness (QED) is 0.919. The summed E-state index contributed by atoms with van der Waals surface area (Å²) in [5, 5.41) is 4.25. The Kier molecular flexibility index (Phi) is 4.52. The van der Waals surface area contributed by atoms with Crippen LogP contribution in [0.2, 0.25) is 0 Å². The highest BCUT2D eigenvalue weighted by molar-refractivity contribution is 9.10. The molecule has 19 heavy (non-hydrogen) atoms. The predicted molar refractivity (Wildman–Crippen MR) is 78.1 cm³/mol. The molecule has 1 N–H and O–H groups in total. The normalized spacial score (nSPS) is 10.9. The molecule has 0 saturated heterocycles. The lowest BCUT2D eigenvalue weighted by molar-refractivity contribution is 0.603. The van der Waals surface area contributed by atoms with Gasteiger partial charge in [0.25, 0.3) is 5.56 Å². The van der Waals surface area contributed by atoms with E-state index in [0.29, 0.717) is 10.3 Å². The average Bonchev–Trinajstić information content (AvgIpc) is 2.84. The van der Waals surface area contributed by atoms with Crippen molar-refractivity contribution in [2.75, 3.05) is 0 Å². The van der Waals surface area contributed by atoms with Gasteiger partial charge in [0, 0.05) is 12.7 Å². The predicted octanol–water partition coefficient (Wildman–Crippen LogP) is 2.76. The number of hydrogen-bond acceptors (Lipinski definition) is 3. The highest BCUT2D eigenvalue weighted by atomic mass is 79.9. The molecule has 102 valence electrons. The third-order valence-corrected chi connectivity index (χ3v) is 3.60. The van der Waals surface area contributed by atoms with E-state index in [1.54, 1.807) is 6.20 Å². The fraction of sp³-hybridized carbons (Fsp3) is 0.462. The van der Waals surface area contributed by atoms with Gasteiger partial charge in [-0.25, -0.2) is 4.98 Å². The van der Waals surface area contributed by atoms with E-state index >= 15 is 0 Å². The van der Waals surface area contributed by atoms with E-state index in [1.165, 1.54) is 0 Å². The molecule has 0 aliphatic carbocycles. The Morgan fingerprint density at radius 2 is 2.16 bits per heavy atom. The molecule has 0 aliphatic rings. The van der Waals surface area contributed by atoms with Crippen molar-refractivity contribution in [2.24, 2.45) is 0 Å². The highest BCUT2D eigenvalue weighted by Crippen LogP contribution is 2.17. The summed E-state index contributed by atoms with van der Waals surface area (Å²) in [7, 11) is 0. The fourth-order valence-corrected chi connectivity index (χ4v) is 2.27. The molecule has 0 saturated carbocycles. The van der Waals surface area contributed by atoms with Gasteiger partial charge in [-0.2, -0.15) is 5.10 Å². The number of aromatic amines is 1. The molecular weight excluding hydrogens is 308 g/mol. The van der Waals surface area contributed by atoms with E-state index in [9.17, 15) is 4.79 Å². The Balaban J connectivity index is 2.40. The molecule has 0 unspecified atom stereocenters. The van der Waals surface area contributed by atoms with Crippen molar-refractivity contribution in [2.45, 2.75) is 39.7 Å². The van der Waals surface area contributed by atoms with Crippen molar-refractivity contribution >= 4 is 15.9 Å². The third kappa shape index (κ3) is 3.12. The van der Waals surface area contributed by atoms with Gasteiger partial charge in [0.2, 0.25) is 0 Å². The number of nitrogens with zero attached hydrogens (tertiary/aromatic N) is 3. The molecule has 0 atom stereocenters. The van der Waals surface area contributed by atoms with E-state index < -0.39 is 0 Å². The zero-order valence-electron chi connectivity index (χ0n) is 11.1. The fourth-order valence-electron chi connectivity index (χ4n) is 1.88. The van der Waals surface area contributed by atoms with Crippen molar-refractivity contribution in [3.63, 3.8) is 0 Å². The minimum atomic E-state index is -0.142. The van der Waals surface area contributed by atoms with Gasteiger partial charge in [-0.3, -0.25) is 9.48 Å². The Labute approximate surface area is 120 Å². The number of hydrogen-bond donors (Lipinski definition) is 1. The SMILES string of the molecule is CCCc1nc(-c2cnn(CCC)c2)[nH]c(=O)c1Br. The zero-order chi connectivity index (χ0) is 13.8. The largest absolute Gasteiger partial charge is 0.305 e. The first-order chi connectivity index (χ1) is 9.15. The van der Waals surface area contributed by atoms with Gasteiger partial charge in [-0.05, 0) is 28.8 Å². The maximum Gasteiger partial charge on any atom is 0.265 e. The first kappa shape index (κ1) is 14.0. The maximum atomic E-state index is 11.9. The lowest BCUT2D eigenvalue weighted by Crippen LogP contribution is -2.13. The number of rotatable bonds is 5. The minimum absolute atomic E-state index is 0.142. The Morgan fingerprint density at radius 1 is 1.37 bits per heavy atom. The summed E-state index contributed by atoms with van der Waals surface area (Å²) >= 11 is 3.29. The summed E-state index contributed by atoms with van der Waals surface area (Å²) in [6.07, 6.45) is 6.39. The second-order valence-corrected chi connectivity index (χ2v) is 5.21. The molecule has 0 bridgehead atoms. The average molecular weight is 325 g/mol. The van der Waals surface area contributed by atoms with Gasteiger partial charge in [-0.15, -0.1) is 0 Å². The third-order valence-electron chi connectivity index (χ3n) is 2.78. The van der Waals surface area contributed by atoms with E-state index in [-0.39, 0.29) is 5.56 Å². The van der Waals surface area contributed by atoms with Gasteiger partial charge in [-0.1, -0.05) is 20.3 Å². The number of H-pyrrole nitrogens is 1. The van der Waals surface area contributed by atoms with Crippen LogP contribution in [0.5, 0.6) is 0 Å². The Morgan fingerprint density at radius 3 is 2.84 bits per heavy atom. The maximum absolute atomic E-state index is 11.9. The Bertz CT molecular complexity index is 617.